The van der Waals surface area contributed by atoms with Crippen LogP contribution in [-0.2, 0) is 13.1 Å². The van der Waals surface area contributed by atoms with Crippen molar-refractivity contribution in [3.05, 3.63) is 76.0 Å². The molecule has 0 aliphatic heterocycles. The number of hydrogen-bond acceptors (Lipinski definition) is 2. The standard InChI is InChI=1S/C20H20BrN3O/c1-13-8-9-16(14(2)10-13)20(25)22-11-19-23-17-6-4-5-7-18(17)24(19)12-15(3)21/h4-10H,3,11-12H2,1-2H3,(H,22,25). The van der Waals surface area contributed by atoms with Crippen molar-refractivity contribution in [1.29, 1.82) is 0 Å². The number of nitrogens with zero attached hydrogens (tertiary/aromatic N) is 2. The fourth-order valence-electron chi connectivity index (χ4n) is 2.93. The van der Waals surface area contributed by atoms with Crippen LogP contribution in [0.5, 0.6) is 0 Å². The van der Waals surface area contributed by atoms with Crippen LogP contribution in [-0.4, -0.2) is 15.5 Å². The number of rotatable bonds is 5. The Balaban J connectivity index is 1.85. The quantitative estimate of drug-likeness (QED) is 0.688. The van der Waals surface area contributed by atoms with Crippen LogP contribution in [0.3, 0.4) is 0 Å². The third-order valence-corrected chi connectivity index (χ3v) is 4.35. The molecule has 0 saturated heterocycles. The van der Waals surface area contributed by atoms with Gasteiger partial charge in [-0.25, -0.2) is 4.98 Å². The zero-order chi connectivity index (χ0) is 18.0. The lowest BCUT2D eigenvalue weighted by Gasteiger charge is -2.11. The maximum Gasteiger partial charge on any atom is 0.251 e. The Morgan fingerprint density at radius 1 is 1.24 bits per heavy atom. The van der Waals surface area contributed by atoms with Gasteiger partial charge in [-0.3, -0.25) is 4.79 Å². The number of carbonyl (C=O) groups is 1. The van der Waals surface area contributed by atoms with Gasteiger partial charge in [-0.05, 0) is 37.6 Å². The molecular formula is C20H20BrN3O. The topological polar surface area (TPSA) is 46.9 Å². The van der Waals surface area contributed by atoms with Crippen LogP contribution in [0.2, 0.25) is 0 Å². The molecule has 3 aromatic rings. The van der Waals surface area contributed by atoms with Crippen molar-refractivity contribution in [3.8, 4) is 0 Å². The molecule has 3 rings (SSSR count). The first-order valence-electron chi connectivity index (χ1n) is 8.08. The maximum absolute atomic E-state index is 12.5. The third-order valence-electron chi connectivity index (χ3n) is 4.10. The van der Waals surface area contributed by atoms with Gasteiger partial charge in [-0.2, -0.15) is 0 Å². The minimum absolute atomic E-state index is 0.0891. The molecule has 1 N–H and O–H groups in total. The third kappa shape index (κ3) is 3.82. The predicted octanol–water partition coefficient (Wildman–Crippen LogP) is 4.49. The fraction of sp³-hybridized carbons (Fsp3) is 0.200. The molecule has 128 valence electrons. The van der Waals surface area contributed by atoms with E-state index in [2.05, 4.69) is 37.4 Å². The largest absolute Gasteiger partial charge is 0.345 e. The lowest BCUT2D eigenvalue weighted by atomic mass is 10.1. The van der Waals surface area contributed by atoms with E-state index in [0.29, 0.717) is 18.7 Å². The smallest absolute Gasteiger partial charge is 0.251 e. The molecule has 0 atom stereocenters. The highest BCUT2D eigenvalue weighted by molar-refractivity contribution is 9.11. The van der Waals surface area contributed by atoms with Crippen molar-refractivity contribution in [3.63, 3.8) is 0 Å². The molecule has 0 unspecified atom stereocenters. The molecule has 1 aromatic heterocycles. The summed E-state index contributed by atoms with van der Waals surface area (Å²) in [7, 11) is 0. The number of halogens is 1. The summed E-state index contributed by atoms with van der Waals surface area (Å²) < 4.78 is 2.92. The highest BCUT2D eigenvalue weighted by Gasteiger charge is 2.13. The van der Waals surface area contributed by atoms with Gasteiger partial charge in [0, 0.05) is 10.0 Å². The van der Waals surface area contributed by atoms with Gasteiger partial charge in [-0.1, -0.05) is 52.3 Å². The second-order valence-corrected chi connectivity index (χ2v) is 7.24. The average Bonchev–Trinajstić information content (AvgIpc) is 2.90. The summed E-state index contributed by atoms with van der Waals surface area (Å²) in [6, 6.07) is 13.8. The number of imidazole rings is 1. The van der Waals surface area contributed by atoms with Crippen LogP contribution in [0, 0.1) is 13.8 Å². The molecule has 0 fully saturated rings. The molecule has 0 aliphatic rings. The first-order valence-corrected chi connectivity index (χ1v) is 8.88. The number of aromatic nitrogens is 2. The molecule has 0 saturated carbocycles. The van der Waals surface area contributed by atoms with Crippen LogP contribution in [0.4, 0.5) is 0 Å². The predicted molar refractivity (Wildman–Crippen MR) is 105 cm³/mol. The van der Waals surface area contributed by atoms with Crippen molar-refractivity contribution in [2.75, 3.05) is 0 Å². The molecule has 0 spiro atoms. The molecule has 2 aromatic carbocycles. The SMILES string of the molecule is C=C(Br)Cn1c(CNC(=O)c2ccc(C)cc2C)nc2ccccc21. The van der Waals surface area contributed by atoms with Gasteiger partial charge in [0.25, 0.3) is 5.91 Å². The van der Waals surface area contributed by atoms with Crippen LogP contribution in [0.15, 0.2) is 53.5 Å². The van der Waals surface area contributed by atoms with Crippen LogP contribution >= 0.6 is 15.9 Å². The Hall–Kier alpha value is -2.40. The average molecular weight is 398 g/mol. The van der Waals surface area contributed by atoms with E-state index >= 15 is 0 Å². The summed E-state index contributed by atoms with van der Waals surface area (Å²) in [6.45, 7) is 8.86. The zero-order valence-electron chi connectivity index (χ0n) is 14.3. The van der Waals surface area contributed by atoms with Crippen LogP contribution in [0.1, 0.15) is 27.3 Å². The lowest BCUT2D eigenvalue weighted by molar-refractivity contribution is 0.0949. The summed E-state index contributed by atoms with van der Waals surface area (Å²) >= 11 is 3.42. The Labute approximate surface area is 155 Å². The number of benzene rings is 2. The first-order chi connectivity index (χ1) is 12.0. The van der Waals surface area contributed by atoms with Gasteiger partial charge in [-0.15, -0.1) is 0 Å². The Bertz CT molecular complexity index is 959. The van der Waals surface area contributed by atoms with E-state index in [-0.39, 0.29) is 5.91 Å². The van der Waals surface area contributed by atoms with E-state index in [1.807, 2.05) is 56.3 Å². The number of para-hydroxylation sites is 2. The van der Waals surface area contributed by atoms with E-state index < -0.39 is 0 Å². The zero-order valence-corrected chi connectivity index (χ0v) is 15.9. The normalized spacial score (nSPS) is 10.8. The molecular weight excluding hydrogens is 378 g/mol. The molecule has 4 nitrogen and oxygen atoms in total. The van der Waals surface area contributed by atoms with E-state index in [9.17, 15) is 4.79 Å². The minimum atomic E-state index is -0.0891. The fourth-order valence-corrected chi connectivity index (χ4v) is 3.18. The molecule has 1 amide bonds. The van der Waals surface area contributed by atoms with Gasteiger partial charge in [0.15, 0.2) is 0 Å². The Kier molecular flexibility index (Phi) is 5.04. The monoisotopic (exact) mass is 397 g/mol. The van der Waals surface area contributed by atoms with Crippen molar-refractivity contribution in [2.24, 2.45) is 0 Å². The highest BCUT2D eigenvalue weighted by atomic mass is 79.9. The molecule has 5 heteroatoms. The number of allylic oxidation sites excluding steroid dienone is 1. The van der Waals surface area contributed by atoms with Crippen molar-refractivity contribution in [1.82, 2.24) is 14.9 Å². The molecule has 0 radical (unpaired) electrons. The van der Waals surface area contributed by atoms with Crippen LogP contribution in [0.25, 0.3) is 11.0 Å². The van der Waals surface area contributed by atoms with Crippen LogP contribution < -0.4 is 5.32 Å². The summed E-state index contributed by atoms with van der Waals surface area (Å²) in [4.78, 5) is 17.2. The highest BCUT2D eigenvalue weighted by Crippen LogP contribution is 2.19. The number of amides is 1. The van der Waals surface area contributed by atoms with Gasteiger partial charge >= 0.3 is 0 Å². The van der Waals surface area contributed by atoms with Gasteiger partial charge in [0.1, 0.15) is 5.82 Å². The minimum Gasteiger partial charge on any atom is -0.345 e. The summed E-state index contributed by atoms with van der Waals surface area (Å²) in [5.74, 6) is 0.716. The summed E-state index contributed by atoms with van der Waals surface area (Å²) in [5, 5.41) is 2.98. The van der Waals surface area contributed by atoms with E-state index in [0.717, 1.165) is 32.5 Å². The molecule has 25 heavy (non-hydrogen) atoms. The van der Waals surface area contributed by atoms with Crippen molar-refractivity contribution < 1.29 is 4.79 Å². The van der Waals surface area contributed by atoms with Crippen molar-refractivity contribution >= 4 is 32.9 Å². The maximum atomic E-state index is 12.5. The van der Waals surface area contributed by atoms with E-state index in [4.69, 9.17) is 0 Å². The number of nitrogens with one attached hydrogen (secondary N) is 1. The Morgan fingerprint density at radius 3 is 2.72 bits per heavy atom. The number of aryl methyl sites for hydroxylation is 2. The number of hydrogen-bond donors (Lipinski definition) is 1. The summed E-state index contributed by atoms with van der Waals surface area (Å²) in [6.07, 6.45) is 0. The summed E-state index contributed by atoms with van der Waals surface area (Å²) in [5.41, 5.74) is 4.75. The second kappa shape index (κ2) is 7.23. The second-order valence-electron chi connectivity index (χ2n) is 6.12. The molecule has 1 heterocycles. The number of fused-ring (bicyclic) bond motifs is 1. The molecule has 0 bridgehead atoms. The van der Waals surface area contributed by atoms with Gasteiger partial charge in [0.05, 0.1) is 24.1 Å². The molecule has 0 aliphatic carbocycles. The van der Waals surface area contributed by atoms with E-state index in [1.54, 1.807) is 0 Å². The first kappa shape index (κ1) is 17.4. The van der Waals surface area contributed by atoms with Crippen molar-refractivity contribution in [2.45, 2.75) is 26.9 Å². The number of carbonyl (C=O) groups excluding carboxylic acids is 1. The lowest BCUT2D eigenvalue weighted by Crippen LogP contribution is -2.25. The van der Waals surface area contributed by atoms with E-state index in [1.165, 1.54) is 0 Å². The van der Waals surface area contributed by atoms with Gasteiger partial charge < -0.3 is 9.88 Å². The van der Waals surface area contributed by atoms with Gasteiger partial charge in [0.2, 0.25) is 0 Å². The Morgan fingerprint density at radius 2 is 2.00 bits per heavy atom.